The first-order valence-electron chi connectivity index (χ1n) is 7.37. The van der Waals surface area contributed by atoms with Gasteiger partial charge < -0.3 is 5.32 Å². The molecule has 0 saturated heterocycles. The van der Waals surface area contributed by atoms with Crippen LogP contribution in [0.2, 0.25) is 0 Å². The van der Waals surface area contributed by atoms with Gasteiger partial charge >= 0.3 is 0 Å². The van der Waals surface area contributed by atoms with Crippen molar-refractivity contribution in [2.24, 2.45) is 0 Å². The van der Waals surface area contributed by atoms with Gasteiger partial charge in [0.1, 0.15) is 0 Å². The first-order valence-corrected chi connectivity index (χ1v) is 7.37. The van der Waals surface area contributed by atoms with Gasteiger partial charge in [0.25, 0.3) is 0 Å². The van der Waals surface area contributed by atoms with E-state index in [4.69, 9.17) is 0 Å². The summed E-state index contributed by atoms with van der Waals surface area (Å²) in [6.07, 6.45) is 1.85. The van der Waals surface area contributed by atoms with E-state index < -0.39 is 0 Å². The van der Waals surface area contributed by atoms with Crippen LogP contribution in [0.3, 0.4) is 0 Å². The summed E-state index contributed by atoms with van der Waals surface area (Å²) in [4.78, 5) is 4.46. The van der Waals surface area contributed by atoms with Gasteiger partial charge in [0.2, 0.25) is 0 Å². The lowest BCUT2D eigenvalue weighted by molar-refractivity contribution is 0.511. The molecule has 0 aliphatic heterocycles. The molecule has 0 bridgehead atoms. The maximum Gasteiger partial charge on any atom is 0.0705 e. The van der Waals surface area contributed by atoms with Crippen LogP contribution in [0.25, 0.3) is 10.9 Å². The van der Waals surface area contributed by atoms with E-state index in [0.29, 0.717) is 5.92 Å². The van der Waals surface area contributed by atoms with Crippen molar-refractivity contribution in [2.75, 3.05) is 7.05 Å². The fraction of sp³-hybridized carbons (Fsp3) is 0.211. The number of hydrogen-bond donors (Lipinski definition) is 1. The van der Waals surface area contributed by atoms with Gasteiger partial charge in [0, 0.05) is 23.5 Å². The number of likely N-dealkylation sites (N-methyl/N-ethyl adjacent to an activating group) is 1. The Kier molecular flexibility index (Phi) is 3.98. The summed E-state index contributed by atoms with van der Waals surface area (Å²) in [6.45, 7) is 2.27. The van der Waals surface area contributed by atoms with Crippen molar-refractivity contribution in [2.45, 2.75) is 18.9 Å². The van der Waals surface area contributed by atoms with Gasteiger partial charge in [-0.3, -0.25) is 4.98 Å². The van der Waals surface area contributed by atoms with Crippen LogP contribution < -0.4 is 5.32 Å². The third kappa shape index (κ3) is 2.67. The number of benzene rings is 2. The van der Waals surface area contributed by atoms with E-state index in [1.54, 1.807) is 0 Å². The molecular formula is C19H20N2. The van der Waals surface area contributed by atoms with Crippen LogP contribution >= 0.6 is 0 Å². The van der Waals surface area contributed by atoms with E-state index in [9.17, 15) is 0 Å². The van der Waals surface area contributed by atoms with Gasteiger partial charge in [-0.1, -0.05) is 55.5 Å². The third-order valence-electron chi connectivity index (χ3n) is 4.15. The molecule has 1 aromatic heterocycles. The molecule has 0 fully saturated rings. The highest BCUT2D eigenvalue weighted by atomic mass is 14.9. The Labute approximate surface area is 125 Å². The Hall–Kier alpha value is -2.19. The summed E-state index contributed by atoms with van der Waals surface area (Å²) in [5, 5.41) is 4.71. The van der Waals surface area contributed by atoms with Crippen molar-refractivity contribution >= 4 is 10.9 Å². The summed E-state index contributed by atoms with van der Waals surface area (Å²) >= 11 is 0. The lowest BCUT2D eigenvalue weighted by atomic mass is 9.87. The van der Waals surface area contributed by atoms with Gasteiger partial charge in [-0.2, -0.15) is 0 Å². The molecule has 0 spiro atoms. The number of nitrogens with zero attached hydrogens (tertiary/aromatic N) is 1. The second-order valence-corrected chi connectivity index (χ2v) is 5.38. The smallest absolute Gasteiger partial charge is 0.0705 e. The number of aromatic nitrogens is 1. The number of nitrogens with one attached hydrogen (secondary N) is 1. The number of hydrogen-bond acceptors (Lipinski definition) is 2. The summed E-state index contributed by atoms with van der Waals surface area (Å²) in [7, 11) is 2.03. The average Bonchev–Trinajstić information content (AvgIpc) is 2.56. The van der Waals surface area contributed by atoms with E-state index in [0.717, 1.165) is 5.52 Å². The summed E-state index contributed by atoms with van der Waals surface area (Å²) in [5.41, 5.74) is 3.70. The van der Waals surface area contributed by atoms with Crippen LogP contribution in [0.15, 0.2) is 66.9 Å². The van der Waals surface area contributed by atoms with E-state index in [1.807, 2.05) is 19.3 Å². The molecule has 0 saturated carbocycles. The molecule has 3 aromatic rings. The largest absolute Gasteiger partial charge is 0.312 e. The molecule has 21 heavy (non-hydrogen) atoms. The molecule has 106 valence electrons. The molecule has 1 N–H and O–H groups in total. The summed E-state index contributed by atoms with van der Waals surface area (Å²) < 4.78 is 0. The molecule has 2 unspecified atom stereocenters. The van der Waals surface area contributed by atoms with Crippen molar-refractivity contribution in [1.29, 1.82) is 0 Å². The minimum absolute atomic E-state index is 0.264. The van der Waals surface area contributed by atoms with Crippen LogP contribution in [0.4, 0.5) is 0 Å². The number of rotatable bonds is 4. The molecule has 2 aromatic carbocycles. The molecule has 0 aliphatic rings. The Morgan fingerprint density at radius 2 is 1.71 bits per heavy atom. The lowest BCUT2D eigenvalue weighted by Gasteiger charge is -2.25. The van der Waals surface area contributed by atoms with Crippen LogP contribution in [-0.4, -0.2) is 12.0 Å². The molecule has 0 radical (unpaired) electrons. The second kappa shape index (κ2) is 6.06. The fourth-order valence-corrected chi connectivity index (χ4v) is 3.02. The normalized spacial score (nSPS) is 14.0. The maximum absolute atomic E-state index is 4.46. The van der Waals surface area contributed by atoms with Crippen LogP contribution in [-0.2, 0) is 0 Å². The molecule has 2 heteroatoms. The minimum Gasteiger partial charge on any atom is -0.312 e. The van der Waals surface area contributed by atoms with Crippen LogP contribution in [0.5, 0.6) is 0 Å². The van der Waals surface area contributed by atoms with Gasteiger partial charge in [-0.05, 0) is 30.3 Å². The molecular weight excluding hydrogens is 256 g/mol. The maximum atomic E-state index is 4.46. The van der Waals surface area contributed by atoms with Gasteiger partial charge in [0.05, 0.1) is 5.52 Å². The summed E-state index contributed by atoms with van der Waals surface area (Å²) in [5.74, 6) is 0.391. The van der Waals surface area contributed by atoms with Gasteiger partial charge in [0.15, 0.2) is 0 Å². The average molecular weight is 276 g/mol. The Morgan fingerprint density at radius 3 is 2.48 bits per heavy atom. The molecule has 3 rings (SSSR count). The topological polar surface area (TPSA) is 24.9 Å². The minimum atomic E-state index is 0.264. The van der Waals surface area contributed by atoms with Crippen molar-refractivity contribution < 1.29 is 0 Å². The SMILES string of the molecule is CNC(c1cccc2ncccc12)C(C)c1ccccc1. The molecule has 1 heterocycles. The first kappa shape index (κ1) is 13.8. The van der Waals surface area contributed by atoms with Crippen molar-refractivity contribution in [3.63, 3.8) is 0 Å². The molecule has 2 nitrogen and oxygen atoms in total. The predicted octanol–water partition coefficient (Wildman–Crippen LogP) is 4.30. The zero-order valence-corrected chi connectivity index (χ0v) is 12.5. The lowest BCUT2D eigenvalue weighted by Crippen LogP contribution is -2.22. The quantitative estimate of drug-likeness (QED) is 0.768. The Bertz CT molecular complexity index is 716. The van der Waals surface area contributed by atoms with E-state index in [1.165, 1.54) is 16.5 Å². The monoisotopic (exact) mass is 276 g/mol. The third-order valence-corrected chi connectivity index (χ3v) is 4.15. The Morgan fingerprint density at radius 1 is 0.905 bits per heavy atom. The molecule has 0 aliphatic carbocycles. The highest BCUT2D eigenvalue weighted by Crippen LogP contribution is 2.33. The predicted molar refractivity (Wildman–Crippen MR) is 88.4 cm³/mol. The zero-order valence-electron chi connectivity index (χ0n) is 12.5. The standard InChI is InChI=1S/C19H20N2/c1-14(15-8-4-3-5-9-15)19(20-2)17-10-6-12-18-16(17)11-7-13-21-18/h3-14,19-20H,1-2H3. The highest BCUT2D eigenvalue weighted by molar-refractivity contribution is 5.82. The van der Waals surface area contributed by atoms with E-state index >= 15 is 0 Å². The molecule has 0 amide bonds. The molecule has 2 atom stereocenters. The number of pyridine rings is 1. The highest BCUT2D eigenvalue weighted by Gasteiger charge is 2.20. The van der Waals surface area contributed by atoms with Crippen LogP contribution in [0, 0.1) is 0 Å². The summed E-state index contributed by atoms with van der Waals surface area (Å²) in [6, 6.07) is 21.4. The van der Waals surface area contributed by atoms with Crippen molar-refractivity contribution in [3.05, 3.63) is 78.0 Å². The first-order chi connectivity index (χ1) is 10.3. The van der Waals surface area contributed by atoms with E-state index in [2.05, 4.69) is 71.8 Å². The van der Waals surface area contributed by atoms with Gasteiger partial charge in [-0.15, -0.1) is 0 Å². The Balaban J connectivity index is 2.06. The number of fused-ring (bicyclic) bond motifs is 1. The van der Waals surface area contributed by atoms with Gasteiger partial charge in [-0.25, -0.2) is 0 Å². The van der Waals surface area contributed by atoms with Crippen molar-refractivity contribution in [3.8, 4) is 0 Å². The second-order valence-electron chi connectivity index (χ2n) is 5.38. The fourth-order valence-electron chi connectivity index (χ4n) is 3.02. The van der Waals surface area contributed by atoms with E-state index in [-0.39, 0.29) is 6.04 Å². The van der Waals surface area contributed by atoms with Crippen LogP contribution in [0.1, 0.15) is 30.0 Å². The van der Waals surface area contributed by atoms with Crippen molar-refractivity contribution in [1.82, 2.24) is 10.3 Å². The zero-order chi connectivity index (χ0) is 14.7.